The summed E-state index contributed by atoms with van der Waals surface area (Å²) in [6.45, 7) is 1.30. The summed E-state index contributed by atoms with van der Waals surface area (Å²) in [6.07, 6.45) is 5.71. The van der Waals surface area contributed by atoms with Gasteiger partial charge in [0, 0.05) is 13.1 Å². The molecule has 4 nitrogen and oxygen atoms in total. The lowest BCUT2D eigenvalue weighted by Gasteiger charge is -2.34. The summed E-state index contributed by atoms with van der Waals surface area (Å²) in [4.78, 5) is 26.4. The van der Waals surface area contributed by atoms with Crippen molar-refractivity contribution in [1.82, 2.24) is 4.90 Å². The predicted molar refractivity (Wildman–Crippen MR) is 80.9 cm³/mol. The van der Waals surface area contributed by atoms with Gasteiger partial charge in [0.05, 0.1) is 11.8 Å². The number of amides is 1. The molecule has 2 bridgehead atoms. The molecule has 1 aliphatic heterocycles. The van der Waals surface area contributed by atoms with Crippen LogP contribution in [0.5, 0.6) is 0 Å². The zero-order chi connectivity index (χ0) is 15.3. The fraction of sp³-hybridized carbons (Fsp3) is 0.444. The van der Waals surface area contributed by atoms with E-state index in [0.717, 1.165) is 12.8 Å². The molecule has 2 aliphatic carbocycles. The third-order valence-electron chi connectivity index (χ3n) is 5.47. The number of carboxylic acid groups (broad SMARTS) is 1. The fourth-order valence-corrected chi connectivity index (χ4v) is 4.39. The highest BCUT2D eigenvalue weighted by Crippen LogP contribution is 2.49. The number of allylic oxidation sites excluding steroid dienone is 2. The predicted octanol–water partition coefficient (Wildman–Crippen LogP) is 2.09. The fourth-order valence-electron chi connectivity index (χ4n) is 4.39. The largest absolute Gasteiger partial charge is 0.481 e. The van der Waals surface area contributed by atoms with Gasteiger partial charge in [-0.2, -0.15) is 0 Å². The Kier molecular flexibility index (Phi) is 3.06. The lowest BCUT2D eigenvalue weighted by Crippen LogP contribution is -2.44. The Labute approximate surface area is 129 Å². The average molecular weight is 297 g/mol. The molecule has 1 N–H and O–H groups in total. The number of nitrogens with zero attached hydrogens (tertiary/aromatic N) is 1. The summed E-state index contributed by atoms with van der Waals surface area (Å²) in [5.41, 5.74) is 2.49. The van der Waals surface area contributed by atoms with Crippen LogP contribution in [0.15, 0.2) is 36.4 Å². The molecule has 4 atom stereocenters. The highest BCUT2D eigenvalue weighted by molar-refractivity contribution is 5.87. The molecule has 0 unspecified atom stereocenters. The van der Waals surface area contributed by atoms with E-state index >= 15 is 0 Å². The maximum Gasteiger partial charge on any atom is 0.307 e. The van der Waals surface area contributed by atoms with E-state index in [9.17, 15) is 14.7 Å². The van der Waals surface area contributed by atoms with E-state index in [2.05, 4.69) is 12.1 Å². The van der Waals surface area contributed by atoms with Crippen molar-refractivity contribution in [2.45, 2.75) is 19.4 Å². The number of benzene rings is 1. The van der Waals surface area contributed by atoms with Crippen LogP contribution in [0.2, 0.25) is 0 Å². The molecule has 22 heavy (non-hydrogen) atoms. The van der Waals surface area contributed by atoms with E-state index in [4.69, 9.17) is 0 Å². The van der Waals surface area contributed by atoms with Crippen LogP contribution in [0.25, 0.3) is 0 Å². The van der Waals surface area contributed by atoms with Crippen molar-refractivity contribution in [2.75, 3.05) is 6.54 Å². The third kappa shape index (κ3) is 1.97. The second kappa shape index (κ2) is 4.97. The number of carbonyl (C=O) groups is 2. The second-order valence-corrected chi connectivity index (χ2v) is 6.62. The van der Waals surface area contributed by atoms with Crippen molar-refractivity contribution in [2.24, 2.45) is 23.7 Å². The molecule has 0 saturated heterocycles. The Hall–Kier alpha value is -2.10. The third-order valence-corrected chi connectivity index (χ3v) is 5.47. The number of aliphatic carboxylic acids is 1. The molecule has 114 valence electrons. The summed E-state index contributed by atoms with van der Waals surface area (Å²) >= 11 is 0. The first kappa shape index (κ1) is 13.6. The van der Waals surface area contributed by atoms with Crippen LogP contribution in [0.1, 0.15) is 17.5 Å². The monoisotopic (exact) mass is 297 g/mol. The summed E-state index contributed by atoms with van der Waals surface area (Å²) in [6, 6.07) is 8.19. The van der Waals surface area contributed by atoms with Crippen LogP contribution in [-0.2, 0) is 22.6 Å². The molecule has 1 heterocycles. The topological polar surface area (TPSA) is 57.6 Å². The molecule has 1 aromatic rings. The van der Waals surface area contributed by atoms with Gasteiger partial charge in [-0.25, -0.2) is 0 Å². The van der Waals surface area contributed by atoms with Gasteiger partial charge in [-0.05, 0) is 35.8 Å². The first-order valence-corrected chi connectivity index (χ1v) is 7.92. The lowest BCUT2D eigenvalue weighted by atomic mass is 9.81. The highest BCUT2D eigenvalue weighted by Gasteiger charge is 2.52. The maximum atomic E-state index is 12.9. The van der Waals surface area contributed by atoms with Gasteiger partial charge in [-0.15, -0.1) is 0 Å². The number of carboxylic acids is 1. The quantitative estimate of drug-likeness (QED) is 0.850. The summed E-state index contributed by atoms with van der Waals surface area (Å²) in [5, 5.41) is 9.51. The Morgan fingerprint density at radius 3 is 2.45 bits per heavy atom. The second-order valence-electron chi connectivity index (χ2n) is 6.62. The summed E-state index contributed by atoms with van der Waals surface area (Å²) in [5.74, 6) is -1.58. The molecule has 1 amide bonds. The number of hydrogen-bond donors (Lipinski definition) is 1. The molecule has 0 aromatic heterocycles. The van der Waals surface area contributed by atoms with Crippen LogP contribution in [0.4, 0.5) is 0 Å². The molecule has 0 spiro atoms. The SMILES string of the molecule is O=C(O)[C@@H]1[C@@H](C(=O)N2CCc3ccccc3C2)[C@H]2C=C[C@@H]1C2. The van der Waals surface area contributed by atoms with Gasteiger partial charge in [0.1, 0.15) is 0 Å². The Morgan fingerprint density at radius 2 is 1.73 bits per heavy atom. The highest BCUT2D eigenvalue weighted by atomic mass is 16.4. The van der Waals surface area contributed by atoms with E-state index in [1.807, 2.05) is 29.2 Å². The molecule has 0 radical (unpaired) electrons. The first-order chi connectivity index (χ1) is 10.6. The Balaban J connectivity index is 1.58. The Morgan fingerprint density at radius 1 is 1.05 bits per heavy atom. The molecule has 4 heteroatoms. The first-order valence-electron chi connectivity index (χ1n) is 7.92. The van der Waals surface area contributed by atoms with Gasteiger partial charge in [0.15, 0.2) is 0 Å². The van der Waals surface area contributed by atoms with E-state index in [1.54, 1.807) is 0 Å². The number of carbonyl (C=O) groups excluding carboxylic acids is 1. The smallest absolute Gasteiger partial charge is 0.307 e. The van der Waals surface area contributed by atoms with E-state index < -0.39 is 11.9 Å². The molecule has 1 fully saturated rings. The van der Waals surface area contributed by atoms with Crippen LogP contribution in [0.3, 0.4) is 0 Å². The minimum absolute atomic E-state index is 0.0266. The van der Waals surface area contributed by atoms with Gasteiger partial charge in [-0.3, -0.25) is 9.59 Å². The Bertz CT molecular complexity index is 666. The van der Waals surface area contributed by atoms with E-state index in [-0.39, 0.29) is 23.7 Å². The van der Waals surface area contributed by atoms with Crippen molar-refractivity contribution in [3.8, 4) is 0 Å². The van der Waals surface area contributed by atoms with Crippen molar-refractivity contribution < 1.29 is 14.7 Å². The lowest BCUT2D eigenvalue weighted by molar-refractivity contribution is -0.151. The van der Waals surface area contributed by atoms with E-state index in [0.29, 0.717) is 13.1 Å². The van der Waals surface area contributed by atoms with Crippen molar-refractivity contribution in [1.29, 1.82) is 0 Å². The maximum absolute atomic E-state index is 12.9. The molecule has 3 aliphatic rings. The van der Waals surface area contributed by atoms with Crippen LogP contribution < -0.4 is 0 Å². The summed E-state index contributed by atoms with van der Waals surface area (Å²) < 4.78 is 0. The number of fused-ring (bicyclic) bond motifs is 3. The van der Waals surface area contributed by atoms with Crippen LogP contribution in [-0.4, -0.2) is 28.4 Å². The molecule has 1 saturated carbocycles. The average Bonchev–Trinajstić information content (AvgIpc) is 3.14. The molecular weight excluding hydrogens is 278 g/mol. The minimum atomic E-state index is -0.826. The zero-order valence-electron chi connectivity index (χ0n) is 12.3. The van der Waals surface area contributed by atoms with Crippen LogP contribution in [0, 0.1) is 23.7 Å². The number of hydrogen-bond acceptors (Lipinski definition) is 2. The van der Waals surface area contributed by atoms with Crippen molar-refractivity contribution in [3.63, 3.8) is 0 Å². The van der Waals surface area contributed by atoms with Gasteiger partial charge in [0.25, 0.3) is 0 Å². The molecule has 4 rings (SSSR count). The van der Waals surface area contributed by atoms with Crippen molar-refractivity contribution in [3.05, 3.63) is 47.5 Å². The van der Waals surface area contributed by atoms with Crippen molar-refractivity contribution >= 4 is 11.9 Å². The van der Waals surface area contributed by atoms with Gasteiger partial charge in [0.2, 0.25) is 5.91 Å². The molecule has 1 aromatic carbocycles. The number of rotatable bonds is 2. The zero-order valence-corrected chi connectivity index (χ0v) is 12.3. The van der Waals surface area contributed by atoms with Gasteiger partial charge >= 0.3 is 5.97 Å². The summed E-state index contributed by atoms with van der Waals surface area (Å²) in [7, 11) is 0. The normalized spacial score (nSPS) is 32.1. The molecular formula is C18H19NO3. The van der Waals surface area contributed by atoms with E-state index in [1.165, 1.54) is 11.1 Å². The standard InChI is InChI=1S/C18H19NO3/c20-17(15-12-5-6-13(9-12)16(15)18(21)22)19-8-7-11-3-1-2-4-14(11)10-19/h1-6,12-13,15-16H,7-10H2,(H,21,22)/t12-,13+,15-,16-/m0/s1. The van der Waals surface area contributed by atoms with Crippen LogP contribution >= 0.6 is 0 Å². The van der Waals surface area contributed by atoms with Gasteiger partial charge in [-0.1, -0.05) is 36.4 Å². The van der Waals surface area contributed by atoms with Gasteiger partial charge < -0.3 is 10.0 Å². The minimum Gasteiger partial charge on any atom is -0.481 e.